The van der Waals surface area contributed by atoms with Gasteiger partial charge in [0.15, 0.2) is 0 Å². The Hall–Kier alpha value is -1.86. The van der Waals surface area contributed by atoms with Crippen molar-refractivity contribution in [2.75, 3.05) is 0 Å². The first-order chi connectivity index (χ1) is 7.33. The van der Waals surface area contributed by atoms with Gasteiger partial charge in [0.2, 0.25) is 11.0 Å². The summed E-state index contributed by atoms with van der Waals surface area (Å²) in [5.74, 6) is 0. The van der Waals surface area contributed by atoms with Gasteiger partial charge in [0.1, 0.15) is 0 Å². The zero-order chi connectivity index (χ0) is 10.7. The molecule has 0 saturated heterocycles. The molecule has 0 fully saturated rings. The van der Waals surface area contributed by atoms with E-state index in [4.69, 9.17) is 5.26 Å². The fourth-order valence-corrected chi connectivity index (χ4v) is 2.23. The Morgan fingerprint density at radius 1 is 1.33 bits per heavy atom. The van der Waals surface area contributed by atoms with E-state index in [-0.39, 0.29) is 0 Å². The molecule has 0 amide bonds. The van der Waals surface area contributed by atoms with Gasteiger partial charge in [-0.2, -0.15) is 5.26 Å². The largest absolute Gasteiger partial charge is 0.289 e. The highest BCUT2D eigenvalue weighted by Gasteiger charge is 2.02. The number of nitrogens with zero attached hydrogens (tertiary/aromatic N) is 3. The number of rotatable bonds is 1. The first-order valence-electron chi connectivity index (χ1n) is 4.48. The maximum Gasteiger partial charge on any atom is 0.208 e. The highest BCUT2D eigenvalue weighted by Crippen LogP contribution is 2.09. The molecule has 2 aromatic rings. The minimum Gasteiger partial charge on any atom is -0.289 e. The minimum atomic E-state index is 0.709. The van der Waals surface area contributed by atoms with Gasteiger partial charge < -0.3 is 0 Å². The first kappa shape index (κ1) is 9.69. The summed E-state index contributed by atoms with van der Waals surface area (Å²) in [6.45, 7) is 2.00. The van der Waals surface area contributed by atoms with Crippen molar-refractivity contribution in [2.45, 2.75) is 6.92 Å². The fraction of sp³-hybridized carbons (Fsp3) is 0.0909. The van der Waals surface area contributed by atoms with Crippen molar-refractivity contribution in [3.05, 3.63) is 46.2 Å². The Bertz CT molecular complexity index is 558. The van der Waals surface area contributed by atoms with Gasteiger partial charge in [0, 0.05) is 16.8 Å². The van der Waals surface area contributed by atoms with Crippen molar-refractivity contribution < 1.29 is 0 Å². The van der Waals surface area contributed by atoms with Gasteiger partial charge in [-0.05, 0) is 19.1 Å². The van der Waals surface area contributed by atoms with Crippen LogP contribution >= 0.6 is 11.3 Å². The van der Waals surface area contributed by atoms with Crippen LogP contribution in [-0.2, 0) is 0 Å². The van der Waals surface area contributed by atoms with Crippen LogP contribution in [-0.4, -0.2) is 4.57 Å². The smallest absolute Gasteiger partial charge is 0.208 e. The van der Waals surface area contributed by atoms with Crippen LogP contribution in [0.1, 0.15) is 5.69 Å². The van der Waals surface area contributed by atoms with E-state index < -0.39 is 0 Å². The maximum absolute atomic E-state index is 8.58. The lowest BCUT2D eigenvalue weighted by Crippen LogP contribution is -2.13. The number of nitriles is 1. The number of hydrogen-bond acceptors (Lipinski definition) is 3. The summed E-state index contributed by atoms with van der Waals surface area (Å²) < 4.78 is 1.97. The number of thiazole rings is 1. The molecule has 1 aromatic heterocycles. The molecule has 0 aliphatic carbocycles. The van der Waals surface area contributed by atoms with E-state index >= 15 is 0 Å². The molecule has 2 rings (SSSR count). The molecule has 0 spiro atoms. The fourth-order valence-electron chi connectivity index (χ4n) is 1.40. The second-order valence-electron chi connectivity index (χ2n) is 3.04. The summed E-state index contributed by atoms with van der Waals surface area (Å²) in [6.07, 6.45) is 1.82. The molecule has 0 N–H and O–H groups in total. The highest BCUT2D eigenvalue weighted by atomic mass is 32.1. The van der Waals surface area contributed by atoms with Crippen molar-refractivity contribution in [1.82, 2.24) is 4.57 Å². The number of benzene rings is 1. The highest BCUT2D eigenvalue weighted by molar-refractivity contribution is 7.07. The standard InChI is InChI=1S/C11H9N3S/c1-9-7-15-11(13-8-12)14(9)10-5-3-2-4-6-10/h2-7H,1H3. The summed E-state index contributed by atoms with van der Waals surface area (Å²) in [5, 5.41) is 10.6. The van der Waals surface area contributed by atoms with Crippen LogP contribution in [0.3, 0.4) is 0 Å². The third-order valence-electron chi connectivity index (χ3n) is 2.04. The van der Waals surface area contributed by atoms with E-state index in [0.29, 0.717) is 4.80 Å². The minimum absolute atomic E-state index is 0.709. The molecule has 0 aliphatic rings. The Morgan fingerprint density at radius 3 is 2.73 bits per heavy atom. The predicted molar refractivity (Wildman–Crippen MR) is 59.6 cm³/mol. The third-order valence-corrected chi connectivity index (χ3v) is 2.98. The van der Waals surface area contributed by atoms with Crippen LogP contribution in [0.4, 0.5) is 0 Å². The van der Waals surface area contributed by atoms with Crippen LogP contribution < -0.4 is 4.80 Å². The Morgan fingerprint density at radius 2 is 2.07 bits per heavy atom. The molecule has 0 bridgehead atoms. The molecule has 74 valence electrons. The molecule has 1 aromatic carbocycles. The molecule has 0 radical (unpaired) electrons. The van der Waals surface area contributed by atoms with Crippen molar-refractivity contribution in [3.63, 3.8) is 0 Å². The number of hydrogen-bond donors (Lipinski definition) is 0. The van der Waals surface area contributed by atoms with Gasteiger partial charge in [-0.25, -0.2) is 0 Å². The van der Waals surface area contributed by atoms with Crippen LogP contribution in [0.25, 0.3) is 5.69 Å². The van der Waals surface area contributed by atoms with E-state index in [1.165, 1.54) is 11.3 Å². The van der Waals surface area contributed by atoms with Gasteiger partial charge in [0.05, 0.1) is 0 Å². The molecule has 15 heavy (non-hydrogen) atoms. The molecule has 0 atom stereocenters. The van der Waals surface area contributed by atoms with Crippen molar-refractivity contribution in [2.24, 2.45) is 4.99 Å². The van der Waals surface area contributed by atoms with E-state index in [1.54, 1.807) is 0 Å². The van der Waals surface area contributed by atoms with E-state index in [0.717, 1.165) is 11.4 Å². The van der Waals surface area contributed by atoms with Gasteiger partial charge in [-0.3, -0.25) is 4.57 Å². The van der Waals surface area contributed by atoms with E-state index in [9.17, 15) is 0 Å². The first-order valence-corrected chi connectivity index (χ1v) is 5.36. The van der Waals surface area contributed by atoms with Gasteiger partial charge in [0.25, 0.3) is 0 Å². The lowest BCUT2D eigenvalue weighted by Gasteiger charge is -2.04. The average molecular weight is 215 g/mol. The second-order valence-corrected chi connectivity index (χ2v) is 3.88. The monoisotopic (exact) mass is 215 g/mol. The maximum atomic E-state index is 8.58. The number of aryl methyl sites for hydroxylation is 1. The quantitative estimate of drug-likeness (QED) is 0.672. The second kappa shape index (κ2) is 4.11. The van der Waals surface area contributed by atoms with Gasteiger partial charge in [-0.15, -0.1) is 16.3 Å². The predicted octanol–water partition coefficient (Wildman–Crippen LogP) is 2.23. The molecule has 0 aliphatic heterocycles. The van der Waals surface area contributed by atoms with E-state index in [1.807, 2.05) is 53.4 Å². The van der Waals surface area contributed by atoms with Crippen LogP contribution in [0.15, 0.2) is 40.7 Å². The molecule has 0 saturated carbocycles. The zero-order valence-corrected chi connectivity index (χ0v) is 9.03. The van der Waals surface area contributed by atoms with Crippen LogP contribution in [0.5, 0.6) is 0 Å². The van der Waals surface area contributed by atoms with E-state index in [2.05, 4.69) is 4.99 Å². The van der Waals surface area contributed by atoms with Gasteiger partial charge >= 0.3 is 0 Å². The van der Waals surface area contributed by atoms with Crippen LogP contribution in [0.2, 0.25) is 0 Å². The topological polar surface area (TPSA) is 41.1 Å². The lowest BCUT2D eigenvalue weighted by atomic mass is 10.3. The van der Waals surface area contributed by atoms with Crippen molar-refractivity contribution in [1.29, 1.82) is 5.26 Å². The Kier molecular flexibility index (Phi) is 2.66. The average Bonchev–Trinajstić information content (AvgIpc) is 2.62. The Labute approximate surface area is 91.6 Å². The Balaban J connectivity index is 2.69. The molecule has 3 nitrogen and oxygen atoms in total. The van der Waals surface area contributed by atoms with Crippen molar-refractivity contribution in [3.8, 4) is 11.9 Å². The normalized spacial score (nSPS) is 11.3. The summed E-state index contributed by atoms with van der Waals surface area (Å²) in [4.78, 5) is 4.50. The number of para-hydroxylation sites is 1. The van der Waals surface area contributed by atoms with Crippen LogP contribution in [0, 0.1) is 18.4 Å². The third kappa shape index (κ3) is 1.83. The SMILES string of the molecule is Cc1csc(=NC#N)n1-c1ccccc1. The van der Waals surface area contributed by atoms with Crippen molar-refractivity contribution >= 4 is 11.3 Å². The molecule has 1 heterocycles. The van der Waals surface area contributed by atoms with Gasteiger partial charge in [-0.1, -0.05) is 18.2 Å². The summed E-state index contributed by atoms with van der Waals surface area (Å²) in [6, 6.07) is 9.89. The molecular weight excluding hydrogens is 206 g/mol. The molecular formula is C11H9N3S. The summed E-state index contributed by atoms with van der Waals surface area (Å²) >= 11 is 1.47. The number of aromatic nitrogens is 1. The molecule has 4 heteroatoms. The molecule has 0 unspecified atom stereocenters. The summed E-state index contributed by atoms with van der Waals surface area (Å²) in [7, 11) is 0. The summed E-state index contributed by atoms with van der Waals surface area (Å²) in [5.41, 5.74) is 2.12. The zero-order valence-electron chi connectivity index (χ0n) is 8.21. The lowest BCUT2D eigenvalue weighted by molar-refractivity contribution is 0.954.